The Morgan fingerprint density at radius 3 is 2.70 bits per heavy atom. The predicted octanol–water partition coefficient (Wildman–Crippen LogP) is 3.53. The number of aliphatic hydroxyl groups is 1. The van der Waals surface area contributed by atoms with Crippen molar-refractivity contribution >= 4 is 22.5 Å². The number of aromatic nitrogens is 1. The quantitative estimate of drug-likeness (QED) is 0.856. The highest BCUT2D eigenvalue weighted by Crippen LogP contribution is 2.24. The van der Waals surface area contributed by atoms with Crippen LogP contribution in [-0.4, -0.2) is 22.2 Å². The molecule has 1 heterocycles. The summed E-state index contributed by atoms with van der Waals surface area (Å²) < 4.78 is 0. The van der Waals surface area contributed by atoms with Crippen LogP contribution in [0.3, 0.4) is 0 Å². The fourth-order valence-corrected chi connectivity index (χ4v) is 2.48. The summed E-state index contributed by atoms with van der Waals surface area (Å²) in [4.78, 5) is 4.41. The molecule has 0 unspecified atom stereocenters. The van der Waals surface area contributed by atoms with Crippen molar-refractivity contribution in [3.05, 3.63) is 41.0 Å². The first-order valence-electron chi connectivity index (χ1n) is 7.05. The second-order valence-electron chi connectivity index (χ2n) is 5.14. The van der Waals surface area contributed by atoms with Crippen molar-refractivity contribution < 1.29 is 5.11 Å². The fraction of sp³-hybridized carbons (Fsp3) is 0.438. The van der Waals surface area contributed by atoms with Gasteiger partial charge in [0.05, 0.1) is 11.1 Å². The van der Waals surface area contributed by atoms with Gasteiger partial charge in [0.2, 0.25) is 0 Å². The first-order valence-corrected chi connectivity index (χ1v) is 7.42. The van der Waals surface area contributed by atoms with Gasteiger partial charge in [0, 0.05) is 29.7 Å². The summed E-state index contributed by atoms with van der Waals surface area (Å²) in [7, 11) is 0. The third-order valence-electron chi connectivity index (χ3n) is 3.89. The number of nitrogens with zero attached hydrogens (tertiary/aromatic N) is 1. The third-order valence-corrected chi connectivity index (χ3v) is 4.22. The van der Waals surface area contributed by atoms with Crippen molar-refractivity contribution in [3.63, 3.8) is 0 Å². The van der Waals surface area contributed by atoms with E-state index >= 15 is 0 Å². The topological polar surface area (TPSA) is 45.1 Å². The number of hydrogen-bond acceptors (Lipinski definition) is 3. The molecule has 108 valence electrons. The van der Waals surface area contributed by atoms with Crippen molar-refractivity contribution in [2.45, 2.75) is 38.8 Å². The average molecular weight is 293 g/mol. The van der Waals surface area contributed by atoms with Crippen LogP contribution < -0.4 is 5.32 Å². The molecular formula is C16H21ClN2O. The molecule has 0 aliphatic heterocycles. The van der Waals surface area contributed by atoms with Gasteiger partial charge < -0.3 is 10.4 Å². The molecular weight excluding hydrogens is 272 g/mol. The fourth-order valence-electron chi connectivity index (χ4n) is 2.27. The number of hydrogen-bond donors (Lipinski definition) is 2. The number of rotatable bonds is 6. The van der Waals surface area contributed by atoms with Crippen molar-refractivity contribution in [1.82, 2.24) is 10.3 Å². The zero-order chi connectivity index (χ0) is 14.6. The number of benzene rings is 1. The zero-order valence-corrected chi connectivity index (χ0v) is 12.7. The Balaban J connectivity index is 2.13. The smallest absolute Gasteiger partial charge is 0.0766 e. The summed E-state index contributed by atoms with van der Waals surface area (Å²) in [5.74, 6) is 0. The van der Waals surface area contributed by atoms with Gasteiger partial charge in [0.1, 0.15) is 0 Å². The second kappa shape index (κ2) is 6.53. The van der Waals surface area contributed by atoms with Gasteiger partial charge in [0.25, 0.3) is 0 Å². The van der Waals surface area contributed by atoms with E-state index in [1.54, 1.807) is 6.20 Å². The summed E-state index contributed by atoms with van der Waals surface area (Å²) in [5, 5.41) is 15.3. The maximum atomic E-state index is 10.3. The molecule has 0 amide bonds. The Morgan fingerprint density at radius 1 is 1.25 bits per heavy atom. The van der Waals surface area contributed by atoms with Gasteiger partial charge in [-0.15, -0.1) is 0 Å². The molecule has 0 fully saturated rings. The van der Waals surface area contributed by atoms with Crippen molar-refractivity contribution in [2.24, 2.45) is 0 Å². The molecule has 4 heteroatoms. The van der Waals surface area contributed by atoms with E-state index in [9.17, 15) is 5.11 Å². The van der Waals surface area contributed by atoms with Crippen LogP contribution >= 0.6 is 11.6 Å². The van der Waals surface area contributed by atoms with E-state index in [1.165, 1.54) is 0 Å². The van der Waals surface area contributed by atoms with E-state index in [4.69, 9.17) is 11.6 Å². The van der Waals surface area contributed by atoms with Gasteiger partial charge >= 0.3 is 0 Å². The van der Waals surface area contributed by atoms with Gasteiger partial charge in [-0.1, -0.05) is 31.5 Å². The number of halogens is 1. The molecule has 0 saturated heterocycles. The SMILES string of the molecule is CCC(O)(CC)CNCc1ccc(Cl)c2cccnc12. The summed E-state index contributed by atoms with van der Waals surface area (Å²) in [6.45, 7) is 5.26. The first-order chi connectivity index (χ1) is 9.59. The van der Waals surface area contributed by atoms with Crippen LogP contribution in [0.1, 0.15) is 32.3 Å². The van der Waals surface area contributed by atoms with Crippen LogP contribution in [-0.2, 0) is 6.54 Å². The standard InChI is InChI=1S/C16H21ClN2O/c1-3-16(20,4-2)11-18-10-12-7-8-14(17)13-6-5-9-19-15(12)13/h5-9,18,20H,3-4,10-11H2,1-2H3. The molecule has 0 aliphatic rings. The summed E-state index contributed by atoms with van der Waals surface area (Å²) in [6, 6.07) is 7.75. The Bertz CT molecular complexity index is 582. The van der Waals surface area contributed by atoms with Crippen molar-refractivity contribution in [2.75, 3.05) is 6.54 Å². The monoisotopic (exact) mass is 292 g/mol. The molecule has 0 atom stereocenters. The van der Waals surface area contributed by atoms with E-state index in [0.717, 1.165) is 34.3 Å². The number of pyridine rings is 1. The maximum Gasteiger partial charge on any atom is 0.0766 e. The second-order valence-corrected chi connectivity index (χ2v) is 5.55. The van der Waals surface area contributed by atoms with E-state index in [1.807, 2.05) is 38.1 Å². The first kappa shape index (κ1) is 15.2. The van der Waals surface area contributed by atoms with Crippen LogP contribution in [0.5, 0.6) is 0 Å². The molecule has 3 nitrogen and oxygen atoms in total. The molecule has 2 N–H and O–H groups in total. The lowest BCUT2D eigenvalue weighted by Crippen LogP contribution is -2.39. The van der Waals surface area contributed by atoms with Crippen LogP contribution in [0.25, 0.3) is 10.9 Å². The summed E-state index contributed by atoms with van der Waals surface area (Å²) in [5.41, 5.74) is 1.39. The largest absolute Gasteiger partial charge is 0.389 e. The average Bonchev–Trinajstić information content (AvgIpc) is 2.49. The summed E-state index contributed by atoms with van der Waals surface area (Å²) >= 11 is 6.18. The molecule has 2 aromatic rings. The molecule has 20 heavy (non-hydrogen) atoms. The van der Waals surface area contributed by atoms with E-state index in [0.29, 0.717) is 13.1 Å². The minimum atomic E-state index is -0.629. The summed E-state index contributed by atoms with van der Waals surface area (Å²) in [6.07, 6.45) is 3.27. The minimum Gasteiger partial charge on any atom is -0.389 e. The predicted molar refractivity (Wildman–Crippen MR) is 84.0 cm³/mol. The van der Waals surface area contributed by atoms with E-state index < -0.39 is 5.60 Å². The van der Waals surface area contributed by atoms with Crippen molar-refractivity contribution in [3.8, 4) is 0 Å². The van der Waals surface area contributed by atoms with Gasteiger partial charge in [-0.05, 0) is 36.6 Å². The molecule has 0 saturated carbocycles. The number of fused-ring (bicyclic) bond motifs is 1. The molecule has 0 radical (unpaired) electrons. The lowest BCUT2D eigenvalue weighted by Gasteiger charge is -2.25. The molecule has 1 aromatic heterocycles. The lowest BCUT2D eigenvalue weighted by molar-refractivity contribution is 0.0323. The highest BCUT2D eigenvalue weighted by molar-refractivity contribution is 6.35. The molecule has 2 rings (SSSR count). The van der Waals surface area contributed by atoms with Crippen LogP contribution in [0.4, 0.5) is 0 Å². The van der Waals surface area contributed by atoms with Crippen LogP contribution in [0, 0.1) is 0 Å². The minimum absolute atomic E-state index is 0.580. The third kappa shape index (κ3) is 3.29. The van der Waals surface area contributed by atoms with E-state index in [2.05, 4.69) is 10.3 Å². The van der Waals surface area contributed by atoms with Gasteiger partial charge in [-0.25, -0.2) is 0 Å². The Morgan fingerprint density at radius 2 is 2.00 bits per heavy atom. The van der Waals surface area contributed by atoms with Gasteiger partial charge in [-0.3, -0.25) is 4.98 Å². The zero-order valence-electron chi connectivity index (χ0n) is 12.0. The van der Waals surface area contributed by atoms with Crippen LogP contribution in [0.15, 0.2) is 30.5 Å². The Labute approximate surface area is 125 Å². The normalized spacial score (nSPS) is 12.0. The number of nitrogens with one attached hydrogen (secondary N) is 1. The molecule has 0 spiro atoms. The highest BCUT2D eigenvalue weighted by atomic mass is 35.5. The molecule has 0 bridgehead atoms. The maximum absolute atomic E-state index is 10.3. The molecule has 1 aromatic carbocycles. The Kier molecular flexibility index (Phi) is 4.97. The Hall–Kier alpha value is -1.16. The van der Waals surface area contributed by atoms with Crippen molar-refractivity contribution in [1.29, 1.82) is 0 Å². The highest BCUT2D eigenvalue weighted by Gasteiger charge is 2.21. The molecule has 0 aliphatic carbocycles. The van der Waals surface area contributed by atoms with Crippen LogP contribution in [0.2, 0.25) is 5.02 Å². The van der Waals surface area contributed by atoms with E-state index in [-0.39, 0.29) is 0 Å². The van der Waals surface area contributed by atoms with Gasteiger partial charge in [-0.2, -0.15) is 0 Å². The van der Waals surface area contributed by atoms with Gasteiger partial charge in [0.15, 0.2) is 0 Å². The lowest BCUT2D eigenvalue weighted by atomic mass is 9.97.